The quantitative estimate of drug-likeness (QED) is 0.0889. The number of aliphatic hydroxyl groups is 1. The summed E-state index contributed by atoms with van der Waals surface area (Å²) in [7, 11) is 0. The van der Waals surface area contributed by atoms with Crippen molar-refractivity contribution in [1.82, 2.24) is 15.3 Å². The number of carbonyl (C=O) groups is 2. The van der Waals surface area contributed by atoms with Crippen LogP contribution in [0.5, 0.6) is 0 Å². The average molecular weight is 673 g/mol. The summed E-state index contributed by atoms with van der Waals surface area (Å²) in [5, 5.41) is 27.8. The van der Waals surface area contributed by atoms with Crippen molar-refractivity contribution >= 4 is 29.4 Å². The maximum absolute atomic E-state index is 13.1. The molecule has 0 radical (unpaired) electrons. The number of benzene rings is 4. The summed E-state index contributed by atoms with van der Waals surface area (Å²) in [6, 6.07) is 29.8. The number of hydrogen-bond donors (Lipinski definition) is 5. The number of aliphatic hydroxyl groups excluding tert-OH is 1. The van der Waals surface area contributed by atoms with Gasteiger partial charge in [-0.2, -0.15) is 0 Å². The molecular weight excluding hydrogens is 633 g/mol. The molecule has 2 heterocycles. The van der Waals surface area contributed by atoms with E-state index in [-0.39, 0.29) is 23.9 Å². The standard InChI is InChI=1S/C40H38FN5O4/c41-32-16-5-27(6-17-32)21-22-43-36(48)20-7-26-3-8-29(9-4-26)37-38(30-12-10-28(11-13-30)34(42)25-35(47)40(49)50)45-39(44-37)31-14-18-33(19-15-31)46-23-1-2-24-46/h3-20,35,42,47H,1-2,21-25H2,(H,43,48)(H,44,45)(H,49,50)/p+1/b20-7+,42-34?. The zero-order valence-corrected chi connectivity index (χ0v) is 27.5. The van der Waals surface area contributed by atoms with Gasteiger partial charge in [0, 0.05) is 53.7 Å². The highest BCUT2D eigenvalue weighted by Gasteiger charge is 2.21. The number of aromatic nitrogens is 2. The van der Waals surface area contributed by atoms with E-state index in [2.05, 4.69) is 39.5 Å². The van der Waals surface area contributed by atoms with Gasteiger partial charge in [-0.3, -0.25) is 10.2 Å². The molecule has 1 aliphatic rings. The summed E-state index contributed by atoms with van der Waals surface area (Å²) < 4.78 is 13.1. The van der Waals surface area contributed by atoms with E-state index >= 15 is 0 Å². The first-order valence-corrected chi connectivity index (χ1v) is 16.6. The zero-order chi connectivity index (χ0) is 35.0. The first-order chi connectivity index (χ1) is 24.2. The number of halogens is 1. The Bertz CT molecular complexity index is 1980. The van der Waals surface area contributed by atoms with Crippen LogP contribution in [0.4, 0.5) is 10.1 Å². The molecule has 1 unspecified atom stereocenters. The minimum absolute atomic E-state index is 0.182. The Morgan fingerprint density at radius 2 is 1.54 bits per heavy atom. The second kappa shape index (κ2) is 15.6. The van der Waals surface area contributed by atoms with Crippen LogP contribution in [0.1, 0.15) is 36.0 Å². The van der Waals surface area contributed by atoms with Crippen molar-refractivity contribution in [1.29, 1.82) is 0 Å². The summed E-state index contributed by atoms with van der Waals surface area (Å²) in [5.74, 6) is -1.12. The van der Waals surface area contributed by atoms with Crippen LogP contribution < -0.4 is 15.6 Å². The van der Waals surface area contributed by atoms with Gasteiger partial charge in [-0.15, -0.1) is 0 Å². The highest BCUT2D eigenvalue weighted by molar-refractivity contribution is 5.98. The average Bonchev–Trinajstić information content (AvgIpc) is 3.84. The highest BCUT2D eigenvalue weighted by atomic mass is 19.1. The topological polar surface area (TPSA) is 144 Å². The number of nitrogens with one attached hydrogen (secondary N) is 2. The van der Waals surface area contributed by atoms with Crippen LogP contribution in [-0.2, 0) is 16.0 Å². The molecule has 0 bridgehead atoms. The molecule has 6 N–H and O–H groups in total. The van der Waals surface area contributed by atoms with E-state index < -0.39 is 12.1 Å². The molecule has 1 aromatic heterocycles. The van der Waals surface area contributed by atoms with Crippen molar-refractivity contribution in [3.05, 3.63) is 126 Å². The van der Waals surface area contributed by atoms with Gasteiger partial charge in [-0.25, -0.2) is 14.2 Å². The van der Waals surface area contributed by atoms with E-state index in [0.717, 1.165) is 52.3 Å². The molecule has 0 aliphatic carbocycles. The number of imidazole rings is 1. The van der Waals surface area contributed by atoms with E-state index in [1.165, 1.54) is 36.7 Å². The van der Waals surface area contributed by atoms with E-state index in [0.29, 0.717) is 24.4 Å². The molecule has 9 nitrogen and oxygen atoms in total. The second-order valence-corrected chi connectivity index (χ2v) is 12.3. The lowest BCUT2D eigenvalue weighted by molar-refractivity contribution is -0.148. The number of aliphatic carboxylic acids is 1. The number of rotatable bonds is 13. The maximum atomic E-state index is 13.1. The molecule has 254 valence electrons. The monoisotopic (exact) mass is 672 g/mol. The number of carboxylic acid groups (broad SMARTS) is 1. The highest BCUT2D eigenvalue weighted by Crippen LogP contribution is 2.34. The van der Waals surface area contributed by atoms with Gasteiger partial charge in [0.15, 0.2) is 11.8 Å². The van der Waals surface area contributed by atoms with Crippen molar-refractivity contribution in [2.45, 2.75) is 31.8 Å². The van der Waals surface area contributed by atoms with Gasteiger partial charge in [0.1, 0.15) is 11.6 Å². The molecular formula is C40H39FN5O4+. The van der Waals surface area contributed by atoms with Gasteiger partial charge in [-0.1, -0.05) is 48.5 Å². The van der Waals surface area contributed by atoms with Crippen LogP contribution in [-0.4, -0.2) is 63.5 Å². The predicted octanol–water partition coefficient (Wildman–Crippen LogP) is 4.91. The minimum Gasteiger partial charge on any atom is -0.479 e. The van der Waals surface area contributed by atoms with Gasteiger partial charge in [-0.05, 0) is 85.0 Å². The first-order valence-electron chi connectivity index (χ1n) is 16.6. The van der Waals surface area contributed by atoms with E-state index in [9.17, 15) is 19.1 Å². The molecule has 1 saturated heterocycles. The maximum Gasteiger partial charge on any atom is 0.333 e. The summed E-state index contributed by atoms with van der Waals surface area (Å²) in [6.45, 7) is 2.57. The fourth-order valence-corrected chi connectivity index (χ4v) is 5.96. The molecule has 1 amide bonds. The van der Waals surface area contributed by atoms with Gasteiger partial charge >= 0.3 is 5.97 Å². The number of aromatic amines is 1. The lowest BCUT2D eigenvalue weighted by atomic mass is 9.99. The van der Waals surface area contributed by atoms with Gasteiger partial charge in [0.2, 0.25) is 5.91 Å². The van der Waals surface area contributed by atoms with Crippen LogP contribution in [0, 0.1) is 5.82 Å². The number of H-pyrrole nitrogens is 1. The minimum atomic E-state index is -1.58. The Hall–Kier alpha value is -5.87. The van der Waals surface area contributed by atoms with Crippen molar-refractivity contribution in [2.75, 3.05) is 24.5 Å². The van der Waals surface area contributed by atoms with E-state index in [4.69, 9.17) is 15.5 Å². The summed E-state index contributed by atoms with van der Waals surface area (Å²) in [4.78, 5) is 34.5. The Kier molecular flexibility index (Phi) is 10.6. The van der Waals surface area contributed by atoms with Gasteiger partial charge in [0.25, 0.3) is 0 Å². The van der Waals surface area contributed by atoms with Gasteiger partial charge < -0.3 is 25.4 Å². The van der Waals surface area contributed by atoms with Crippen LogP contribution in [0.25, 0.3) is 40.0 Å². The van der Waals surface area contributed by atoms with Crippen LogP contribution in [0.2, 0.25) is 0 Å². The van der Waals surface area contributed by atoms with E-state index in [1.54, 1.807) is 30.3 Å². The third-order valence-electron chi connectivity index (χ3n) is 8.80. The molecule has 1 fully saturated rings. The van der Waals surface area contributed by atoms with Gasteiger partial charge in [0.05, 0.1) is 17.8 Å². The largest absolute Gasteiger partial charge is 0.479 e. The van der Waals surface area contributed by atoms with Crippen LogP contribution in [0.3, 0.4) is 0 Å². The zero-order valence-electron chi connectivity index (χ0n) is 27.5. The fraction of sp³-hybridized carbons (Fsp3) is 0.200. The SMILES string of the molecule is [NH2+]=C(CC(O)C(=O)O)c1ccc(-c2nc(-c3ccc(N4CCCC4)cc3)[nH]c2-c2ccc(/C=C/C(=O)NCCc3ccc(F)cc3)cc2)cc1. The number of nitrogens with two attached hydrogens (primary N) is 1. The molecule has 0 spiro atoms. The number of anilines is 1. The molecule has 50 heavy (non-hydrogen) atoms. The Balaban J connectivity index is 1.21. The second-order valence-electron chi connectivity index (χ2n) is 12.3. The Morgan fingerprint density at radius 1 is 0.900 bits per heavy atom. The lowest BCUT2D eigenvalue weighted by Crippen LogP contribution is -2.43. The number of hydrogen-bond acceptors (Lipinski definition) is 5. The van der Waals surface area contributed by atoms with Crippen LogP contribution >= 0.6 is 0 Å². The number of carbonyl (C=O) groups excluding carboxylic acids is 1. The molecule has 6 rings (SSSR count). The molecule has 0 saturated carbocycles. The summed E-state index contributed by atoms with van der Waals surface area (Å²) in [5.41, 5.74) is 8.09. The predicted molar refractivity (Wildman–Crippen MR) is 193 cm³/mol. The van der Waals surface area contributed by atoms with Crippen LogP contribution in [0.15, 0.2) is 103 Å². The molecule has 10 heteroatoms. The Labute approximate surface area is 289 Å². The molecule has 5 aromatic rings. The molecule has 1 atom stereocenters. The van der Waals surface area contributed by atoms with Crippen molar-refractivity contribution in [3.63, 3.8) is 0 Å². The fourth-order valence-electron chi connectivity index (χ4n) is 5.96. The third kappa shape index (κ3) is 8.40. The molecule has 4 aromatic carbocycles. The van der Waals surface area contributed by atoms with Crippen molar-refractivity contribution in [2.24, 2.45) is 0 Å². The smallest absolute Gasteiger partial charge is 0.333 e. The Morgan fingerprint density at radius 3 is 2.20 bits per heavy atom. The van der Waals surface area contributed by atoms with E-state index in [1.807, 2.05) is 36.4 Å². The van der Waals surface area contributed by atoms with Crippen molar-refractivity contribution < 1.29 is 29.6 Å². The number of amides is 1. The third-order valence-corrected chi connectivity index (χ3v) is 8.80. The number of carboxylic acids is 1. The summed E-state index contributed by atoms with van der Waals surface area (Å²) >= 11 is 0. The first kappa shape index (κ1) is 34.0. The lowest BCUT2D eigenvalue weighted by Gasteiger charge is -2.17. The number of nitrogens with zero attached hydrogens (tertiary/aromatic N) is 2. The van der Waals surface area contributed by atoms with Crippen molar-refractivity contribution in [3.8, 4) is 33.9 Å². The normalized spacial score (nSPS) is 13.4. The molecule has 1 aliphatic heterocycles. The summed E-state index contributed by atoms with van der Waals surface area (Å²) in [6.07, 6.45) is 4.49.